The molecule has 4 aromatic rings. The molecule has 4 rings (SSSR count). The van der Waals surface area contributed by atoms with Crippen LogP contribution < -0.4 is 19.4 Å². The molecule has 0 aliphatic heterocycles. The van der Waals surface area contributed by atoms with Gasteiger partial charge in [-0.05, 0) is 47.7 Å². The fraction of sp³-hybridized carbons (Fsp3) is 0. The van der Waals surface area contributed by atoms with Crippen LogP contribution in [0.5, 0.6) is 34.5 Å². The van der Waals surface area contributed by atoms with Gasteiger partial charge in [0, 0.05) is 0 Å². The highest BCUT2D eigenvalue weighted by molar-refractivity contribution is 6.34. The Hall–Kier alpha value is -3.50. The van der Waals surface area contributed by atoms with Gasteiger partial charge in [0.05, 0.1) is 10.2 Å². The van der Waals surface area contributed by atoms with E-state index in [0.717, 1.165) is 10.9 Å². The van der Waals surface area contributed by atoms with E-state index in [0.29, 0.717) is 28.7 Å². The molecule has 0 aliphatic carbocycles. The van der Waals surface area contributed by atoms with Crippen LogP contribution in [0, 0.1) is 0 Å². The van der Waals surface area contributed by atoms with Gasteiger partial charge < -0.3 is 14.2 Å². The summed E-state index contributed by atoms with van der Waals surface area (Å²) in [5.74, 6) is 3.91. The van der Waals surface area contributed by atoms with Gasteiger partial charge in [0.15, 0.2) is 23.0 Å². The lowest BCUT2D eigenvalue weighted by molar-refractivity contribution is 0.395. The van der Waals surface area contributed by atoms with Gasteiger partial charge >= 0.3 is 0 Å². The van der Waals surface area contributed by atoms with Crippen LogP contribution in [0.3, 0.4) is 0 Å². The minimum atomic E-state index is 0.599. The Morgan fingerprint density at radius 3 is 1.32 bits per heavy atom. The molecule has 0 aliphatic rings. The zero-order chi connectivity index (χ0) is 19.2. The maximum Gasteiger partial charge on any atom is 0.170 e. The van der Waals surface area contributed by atoms with Gasteiger partial charge in [0.1, 0.15) is 11.5 Å². The number of ether oxygens (including phenoxy) is 3. The van der Waals surface area contributed by atoms with Gasteiger partial charge in [-0.3, -0.25) is 0 Å². The van der Waals surface area contributed by atoms with Gasteiger partial charge in [0.2, 0.25) is 0 Å². The lowest BCUT2D eigenvalue weighted by atomic mass is 10.3. The molecule has 0 aromatic heterocycles. The van der Waals surface area contributed by atoms with Gasteiger partial charge in [0.25, 0.3) is 0 Å². The Balaban J connectivity index is 1.61. The summed E-state index contributed by atoms with van der Waals surface area (Å²) < 4.78 is 18.2. The third-order valence-corrected chi connectivity index (χ3v) is 4.41. The number of rotatable bonds is 6. The van der Waals surface area contributed by atoms with E-state index >= 15 is 0 Å². The molecule has 0 fully saturated rings. The predicted molar refractivity (Wildman–Crippen MR) is 111 cm³/mol. The first-order chi connectivity index (χ1) is 13.8. The van der Waals surface area contributed by atoms with Crippen LogP contribution in [0.15, 0.2) is 103 Å². The van der Waals surface area contributed by atoms with Crippen molar-refractivity contribution in [2.24, 2.45) is 0 Å². The van der Waals surface area contributed by atoms with Crippen LogP contribution in [-0.2, 0) is 0 Å². The highest BCUT2D eigenvalue weighted by Gasteiger charge is 2.12. The molecule has 0 unspecified atom stereocenters. The highest BCUT2D eigenvalue weighted by atomic mass is 28.1. The maximum atomic E-state index is 6.16. The number of hydrogen-bond acceptors (Lipinski definition) is 3. The Morgan fingerprint density at radius 2 is 0.786 bits per heavy atom. The van der Waals surface area contributed by atoms with E-state index in [2.05, 4.69) is 10.2 Å². The minimum absolute atomic E-state index is 0.599. The maximum absolute atomic E-state index is 6.16. The van der Waals surface area contributed by atoms with Crippen LogP contribution in [0.4, 0.5) is 0 Å². The molecule has 0 N–H and O–H groups in total. The summed E-state index contributed by atoms with van der Waals surface area (Å²) in [5, 5.41) is 0.866. The number of para-hydroxylation sites is 6. The van der Waals surface area contributed by atoms with Crippen LogP contribution in [0.2, 0.25) is 0 Å². The van der Waals surface area contributed by atoms with Crippen molar-refractivity contribution < 1.29 is 14.2 Å². The van der Waals surface area contributed by atoms with Crippen molar-refractivity contribution in [2.75, 3.05) is 0 Å². The smallest absolute Gasteiger partial charge is 0.170 e. The molecule has 0 heterocycles. The van der Waals surface area contributed by atoms with E-state index in [1.807, 2.05) is 103 Å². The van der Waals surface area contributed by atoms with E-state index in [-0.39, 0.29) is 0 Å². The minimum Gasteiger partial charge on any atom is -0.454 e. The SMILES string of the molecule is [Si]c1ccccc1Oc1ccccc1Oc1ccccc1Oc1ccccc1. The molecular formula is C24H17O3Si. The third kappa shape index (κ3) is 4.24. The molecule has 4 aromatic carbocycles. The molecular weight excluding hydrogens is 364 g/mol. The van der Waals surface area contributed by atoms with Crippen molar-refractivity contribution in [3.8, 4) is 34.5 Å². The molecule has 0 saturated heterocycles. The van der Waals surface area contributed by atoms with Gasteiger partial charge in [-0.2, -0.15) is 0 Å². The van der Waals surface area contributed by atoms with Gasteiger partial charge in [-0.25, -0.2) is 0 Å². The zero-order valence-electron chi connectivity index (χ0n) is 15.0. The number of hydrogen-bond donors (Lipinski definition) is 0. The Kier molecular flexibility index (Phi) is 5.40. The molecule has 0 bridgehead atoms. The predicted octanol–water partition coefficient (Wildman–Crippen LogP) is 5.86. The van der Waals surface area contributed by atoms with Gasteiger partial charge in [-0.1, -0.05) is 60.7 Å². The van der Waals surface area contributed by atoms with E-state index in [1.165, 1.54) is 0 Å². The van der Waals surface area contributed by atoms with E-state index < -0.39 is 0 Å². The van der Waals surface area contributed by atoms with E-state index in [9.17, 15) is 0 Å². The molecule has 0 spiro atoms. The summed E-state index contributed by atoms with van der Waals surface area (Å²) in [5.41, 5.74) is 0. The lowest BCUT2D eigenvalue weighted by Crippen LogP contribution is -2.05. The highest BCUT2D eigenvalue weighted by Crippen LogP contribution is 2.39. The van der Waals surface area contributed by atoms with Crippen LogP contribution in [0.1, 0.15) is 0 Å². The second kappa shape index (κ2) is 8.46. The normalized spacial score (nSPS) is 10.3. The number of benzene rings is 4. The average Bonchev–Trinajstić information content (AvgIpc) is 2.73. The summed E-state index contributed by atoms with van der Waals surface area (Å²) in [4.78, 5) is 0. The van der Waals surface area contributed by atoms with Crippen molar-refractivity contribution in [3.63, 3.8) is 0 Å². The molecule has 4 heteroatoms. The van der Waals surface area contributed by atoms with Crippen molar-refractivity contribution in [3.05, 3.63) is 103 Å². The van der Waals surface area contributed by atoms with E-state index in [4.69, 9.17) is 14.2 Å². The molecule has 0 atom stereocenters. The first-order valence-corrected chi connectivity index (χ1v) is 9.37. The molecule has 3 radical (unpaired) electrons. The molecule has 135 valence electrons. The molecule has 0 amide bonds. The monoisotopic (exact) mass is 381 g/mol. The van der Waals surface area contributed by atoms with Crippen molar-refractivity contribution in [1.29, 1.82) is 0 Å². The van der Waals surface area contributed by atoms with Crippen molar-refractivity contribution >= 4 is 15.4 Å². The first kappa shape index (κ1) is 17.9. The zero-order valence-corrected chi connectivity index (χ0v) is 16.0. The summed E-state index contributed by atoms with van der Waals surface area (Å²) in [7, 11) is 3.56. The summed E-state index contributed by atoms with van der Waals surface area (Å²) in [6.07, 6.45) is 0. The Bertz CT molecular complexity index is 1060. The van der Waals surface area contributed by atoms with E-state index in [1.54, 1.807) is 0 Å². The quantitative estimate of drug-likeness (QED) is 0.392. The second-order valence-electron chi connectivity index (χ2n) is 6.01. The first-order valence-electron chi connectivity index (χ1n) is 8.87. The van der Waals surface area contributed by atoms with Crippen LogP contribution >= 0.6 is 0 Å². The fourth-order valence-corrected chi connectivity index (χ4v) is 2.88. The standard InChI is InChI=1S/C24H17O3Si/c28-24-17-9-8-16-23(24)27-22-15-7-6-14-21(22)26-20-13-5-4-12-19(20)25-18-10-2-1-3-11-18/h1-17H. The second-order valence-corrected chi connectivity index (χ2v) is 6.55. The molecule has 28 heavy (non-hydrogen) atoms. The van der Waals surface area contributed by atoms with Crippen LogP contribution in [-0.4, -0.2) is 10.2 Å². The Morgan fingerprint density at radius 1 is 0.393 bits per heavy atom. The average molecular weight is 381 g/mol. The Labute approximate surface area is 167 Å². The van der Waals surface area contributed by atoms with Crippen molar-refractivity contribution in [2.45, 2.75) is 0 Å². The largest absolute Gasteiger partial charge is 0.454 e. The molecule has 3 nitrogen and oxygen atoms in total. The fourth-order valence-electron chi connectivity index (χ4n) is 2.65. The topological polar surface area (TPSA) is 27.7 Å². The third-order valence-electron chi connectivity index (χ3n) is 4.00. The van der Waals surface area contributed by atoms with Crippen LogP contribution in [0.25, 0.3) is 0 Å². The van der Waals surface area contributed by atoms with Gasteiger partial charge in [-0.15, -0.1) is 0 Å². The summed E-state index contributed by atoms with van der Waals surface area (Å²) >= 11 is 0. The van der Waals surface area contributed by atoms with Crippen molar-refractivity contribution in [1.82, 2.24) is 0 Å². The lowest BCUT2D eigenvalue weighted by Gasteiger charge is -2.15. The summed E-state index contributed by atoms with van der Waals surface area (Å²) in [6, 6.07) is 32.4. The summed E-state index contributed by atoms with van der Waals surface area (Å²) in [6.45, 7) is 0. The molecule has 0 saturated carbocycles.